The van der Waals surface area contributed by atoms with Crippen molar-refractivity contribution in [3.05, 3.63) is 35.9 Å². The van der Waals surface area contributed by atoms with Gasteiger partial charge in [0.05, 0.1) is 12.7 Å². The summed E-state index contributed by atoms with van der Waals surface area (Å²) in [6, 6.07) is 10.4. The summed E-state index contributed by atoms with van der Waals surface area (Å²) in [7, 11) is 0. The molecule has 1 unspecified atom stereocenters. The van der Waals surface area contributed by atoms with Gasteiger partial charge in [-0.25, -0.2) is 0 Å². The SMILES string of the molecule is CC(C)CNCC(OCc1ccccc1)C(C)C. The Morgan fingerprint density at radius 3 is 2.22 bits per heavy atom. The Kier molecular flexibility index (Phi) is 6.99. The van der Waals surface area contributed by atoms with E-state index in [0.29, 0.717) is 18.4 Å². The normalized spacial score (nSPS) is 13.2. The van der Waals surface area contributed by atoms with Gasteiger partial charge in [-0.05, 0) is 23.9 Å². The van der Waals surface area contributed by atoms with E-state index in [4.69, 9.17) is 4.74 Å². The molecule has 0 saturated carbocycles. The van der Waals surface area contributed by atoms with E-state index in [1.807, 2.05) is 6.07 Å². The maximum Gasteiger partial charge on any atom is 0.0726 e. The summed E-state index contributed by atoms with van der Waals surface area (Å²) in [6.07, 6.45) is 0.281. The van der Waals surface area contributed by atoms with Crippen molar-refractivity contribution < 1.29 is 4.74 Å². The van der Waals surface area contributed by atoms with Crippen LogP contribution in [0.1, 0.15) is 33.3 Å². The minimum absolute atomic E-state index is 0.281. The van der Waals surface area contributed by atoms with E-state index in [1.165, 1.54) is 5.56 Å². The highest BCUT2D eigenvalue weighted by Gasteiger charge is 2.13. The van der Waals surface area contributed by atoms with Gasteiger partial charge in [-0.1, -0.05) is 58.0 Å². The summed E-state index contributed by atoms with van der Waals surface area (Å²) in [5, 5.41) is 3.48. The third kappa shape index (κ3) is 6.18. The van der Waals surface area contributed by atoms with Gasteiger partial charge in [0.25, 0.3) is 0 Å². The molecule has 102 valence electrons. The van der Waals surface area contributed by atoms with Gasteiger partial charge in [-0.3, -0.25) is 0 Å². The minimum Gasteiger partial charge on any atom is -0.372 e. The van der Waals surface area contributed by atoms with Crippen LogP contribution < -0.4 is 5.32 Å². The average molecular weight is 249 g/mol. The molecular formula is C16H27NO. The summed E-state index contributed by atoms with van der Waals surface area (Å²) in [4.78, 5) is 0. The van der Waals surface area contributed by atoms with Gasteiger partial charge >= 0.3 is 0 Å². The molecule has 0 bridgehead atoms. The first kappa shape index (κ1) is 15.2. The van der Waals surface area contributed by atoms with Gasteiger partial charge in [-0.2, -0.15) is 0 Å². The summed E-state index contributed by atoms with van der Waals surface area (Å²) in [6.45, 7) is 11.6. The summed E-state index contributed by atoms with van der Waals surface area (Å²) in [5.41, 5.74) is 1.24. The zero-order chi connectivity index (χ0) is 13.4. The average Bonchev–Trinajstić information content (AvgIpc) is 2.34. The highest BCUT2D eigenvalue weighted by Crippen LogP contribution is 2.10. The molecule has 0 amide bonds. The number of hydrogen-bond acceptors (Lipinski definition) is 2. The van der Waals surface area contributed by atoms with E-state index >= 15 is 0 Å². The highest BCUT2D eigenvalue weighted by atomic mass is 16.5. The Hall–Kier alpha value is -0.860. The van der Waals surface area contributed by atoms with Crippen LogP contribution in [-0.2, 0) is 11.3 Å². The predicted molar refractivity (Wildman–Crippen MR) is 77.6 cm³/mol. The molecule has 1 atom stereocenters. The van der Waals surface area contributed by atoms with Crippen LogP contribution >= 0.6 is 0 Å². The Labute approximate surface area is 112 Å². The molecule has 2 heteroatoms. The number of nitrogens with one attached hydrogen (secondary N) is 1. The van der Waals surface area contributed by atoms with Crippen molar-refractivity contribution in [2.45, 2.75) is 40.4 Å². The lowest BCUT2D eigenvalue weighted by molar-refractivity contribution is 0.0111. The van der Waals surface area contributed by atoms with E-state index in [2.05, 4.69) is 57.3 Å². The molecule has 18 heavy (non-hydrogen) atoms. The maximum atomic E-state index is 6.01. The lowest BCUT2D eigenvalue weighted by Gasteiger charge is -2.22. The number of hydrogen-bond donors (Lipinski definition) is 1. The van der Waals surface area contributed by atoms with Crippen molar-refractivity contribution in [2.75, 3.05) is 13.1 Å². The molecule has 0 radical (unpaired) electrons. The van der Waals surface area contributed by atoms with Crippen LogP contribution in [-0.4, -0.2) is 19.2 Å². The third-order valence-electron chi connectivity index (χ3n) is 2.95. The first-order chi connectivity index (χ1) is 8.59. The smallest absolute Gasteiger partial charge is 0.0726 e. The fraction of sp³-hybridized carbons (Fsp3) is 0.625. The third-order valence-corrected chi connectivity index (χ3v) is 2.95. The van der Waals surface area contributed by atoms with Crippen LogP contribution in [0.4, 0.5) is 0 Å². The molecule has 1 aromatic rings. The van der Waals surface area contributed by atoms with Gasteiger partial charge < -0.3 is 10.1 Å². The standard InChI is InChI=1S/C16H27NO/c1-13(2)10-17-11-16(14(3)4)18-12-15-8-6-5-7-9-15/h5-9,13-14,16-17H,10-12H2,1-4H3. The molecule has 1 rings (SSSR count). The monoisotopic (exact) mass is 249 g/mol. The number of rotatable bonds is 8. The first-order valence-corrected chi connectivity index (χ1v) is 6.95. The van der Waals surface area contributed by atoms with E-state index in [9.17, 15) is 0 Å². The van der Waals surface area contributed by atoms with E-state index < -0.39 is 0 Å². The summed E-state index contributed by atoms with van der Waals surface area (Å²) >= 11 is 0. The minimum atomic E-state index is 0.281. The van der Waals surface area contributed by atoms with Crippen molar-refractivity contribution in [1.82, 2.24) is 5.32 Å². The van der Waals surface area contributed by atoms with E-state index in [0.717, 1.165) is 13.1 Å². The Morgan fingerprint density at radius 2 is 1.67 bits per heavy atom. The molecule has 0 saturated heterocycles. The van der Waals surface area contributed by atoms with Crippen LogP contribution in [0, 0.1) is 11.8 Å². The fourth-order valence-electron chi connectivity index (χ4n) is 1.78. The second-order valence-electron chi connectivity index (χ2n) is 5.63. The van der Waals surface area contributed by atoms with Gasteiger partial charge in [0, 0.05) is 6.54 Å². The largest absolute Gasteiger partial charge is 0.372 e. The van der Waals surface area contributed by atoms with Crippen LogP contribution in [0.15, 0.2) is 30.3 Å². The molecule has 2 nitrogen and oxygen atoms in total. The second kappa shape index (κ2) is 8.28. The molecule has 0 heterocycles. The Bertz CT molecular complexity index is 308. The van der Waals surface area contributed by atoms with Gasteiger partial charge in [0.15, 0.2) is 0 Å². The van der Waals surface area contributed by atoms with Gasteiger partial charge in [0.2, 0.25) is 0 Å². The topological polar surface area (TPSA) is 21.3 Å². The van der Waals surface area contributed by atoms with Crippen molar-refractivity contribution in [3.8, 4) is 0 Å². The van der Waals surface area contributed by atoms with Crippen LogP contribution in [0.3, 0.4) is 0 Å². The van der Waals surface area contributed by atoms with Crippen molar-refractivity contribution in [3.63, 3.8) is 0 Å². The number of ether oxygens (including phenoxy) is 1. The molecule has 1 N–H and O–H groups in total. The lowest BCUT2D eigenvalue weighted by Crippen LogP contribution is -2.34. The van der Waals surface area contributed by atoms with Crippen LogP contribution in [0.5, 0.6) is 0 Å². The lowest BCUT2D eigenvalue weighted by atomic mass is 10.1. The molecule has 0 aliphatic rings. The molecule has 0 spiro atoms. The summed E-state index contributed by atoms with van der Waals surface area (Å²) < 4.78 is 6.01. The summed E-state index contributed by atoms with van der Waals surface area (Å²) in [5.74, 6) is 1.22. The zero-order valence-corrected chi connectivity index (χ0v) is 12.1. The van der Waals surface area contributed by atoms with Gasteiger partial charge in [-0.15, -0.1) is 0 Å². The Balaban J connectivity index is 2.34. The van der Waals surface area contributed by atoms with E-state index in [-0.39, 0.29) is 6.10 Å². The van der Waals surface area contributed by atoms with Crippen molar-refractivity contribution in [1.29, 1.82) is 0 Å². The molecule has 0 aromatic heterocycles. The van der Waals surface area contributed by atoms with Crippen molar-refractivity contribution in [2.24, 2.45) is 11.8 Å². The molecular weight excluding hydrogens is 222 g/mol. The fourth-order valence-corrected chi connectivity index (χ4v) is 1.78. The molecule has 0 fully saturated rings. The Morgan fingerprint density at radius 1 is 1.00 bits per heavy atom. The van der Waals surface area contributed by atoms with Crippen molar-refractivity contribution >= 4 is 0 Å². The van der Waals surface area contributed by atoms with Crippen LogP contribution in [0.25, 0.3) is 0 Å². The molecule has 0 aliphatic carbocycles. The number of benzene rings is 1. The maximum absolute atomic E-state index is 6.01. The van der Waals surface area contributed by atoms with E-state index in [1.54, 1.807) is 0 Å². The first-order valence-electron chi connectivity index (χ1n) is 6.95. The quantitative estimate of drug-likeness (QED) is 0.761. The van der Waals surface area contributed by atoms with Gasteiger partial charge in [0.1, 0.15) is 0 Å². The van der Waals surface area contributed by atoms with Crippen LogP contribution in [0.2, 0.25) is 0 Å². The molecule has 0 aliphatic heterocycles. The second-order valence-corrected chi connectivity index (χ2v) is 5.63. The highest BCUT2D eigenvalue weighted by molar-refractivity contribution is 5.13. The predicted octanol–water partition coefficient (Wildman–Crippen LogP) is 3.47. The molecule has 1 aromatic carbocycles. The zero-order valence-electron chi connectivity index (χ0n) is 12.1.